The summed E-state index contributed by atoms with van der Waals surface area (Å²) in [7, 11) is -3.11. The van der Waals surface area contributed by atoms with E-state index >= 15 is 0 Å². The summed E-state index contributed by atoms with van der Waals surface area (Å²) in [5.74, 6) is -1.51. The van der Waals surface area contributed by atoms with Crippen molar-refractivity contribution in [2.75, 3.05) is 11.8 Å². The Balaban J connectivity index is 1.37. The summed E-state index contributed by atoms with van der Waals surface area (Å²) in [5.41, 5.74) is 2.28. The number of nitrogens with zero attached hydrogens (tertiary/aromatic N) is 5. The molecule has 6 rings (SSSR count). The van der Waals surface area contributed by atoms with Gasteiger partial charge < -0.3 is 9.15 Å². The van der Waals surface area contributed by atoms with Gasteiger partial charge in [0.05, 0.1) is 18.2 Å². The lowest BCUT2D eigenvalue weighted by Crippen LogP contribution is -2.15. The van der Waals surface area contributed by atoms with Crippen LogP contribution in [0, 0.1) is 11.6 Å². The molecule has 0 atom stereocenters. The van der Waals surface area contributed by atoms with Crippen molar-refractivity contribution in [3.63, 3.8) is 0 Å². The number of thiophene rings is 1. The summed E-state index contributed by atoms with van der Waals surface area (Å²) in [6.07, 6.45) is 4.86. The number of imidazole rings is 1. The molecule has 0 aliphatic carbocycles. The highest BCUT2D eigenvalue weighted by Crippen LogP contribution is 2.32. The number of fused-ring (bicyclic) bond motifs is 1. The van der Waals surface area contributed by atoms with E-state index in [4.69, 9.17) is 9.15 Å². The predicted molar refractivity (Wildman–Crippen MR) is 139 cm³/mol. The number of halogens is 2. The van der Waals surface area contributed by atoms with Crippen LogP contribution >= 0.6 is 11.3 Å². The first kappa shape index (κ1) is 24.6. The molecule has 0 bridgehead atoms. The lowest BCUT2D eigenvalue weighted by Gasteiger charge is -2.13. The minimum atomic E-state index is -4.43. The minimum absolute atomic E-state index is 0.0397. The second-order valence-corrected chi connectivity index (χ2v) is 10.7. The first-order valence-corrected chi connectivity index (χ1v) is 13.6. The lowest BCUT2D eigenvalue weighted by atomic mass is 10.1. The van der Waals surface area contributed by atoms with E-state index in [2.05, 4.69) is 24.9 Å². The number of hydrogen-bond acceptors (Lipinski definition) is 9. The Morgan fingerprint density at radius 1 is 1.00 bits per heavy atom. The van der Waals surface area contributed by atoms with Crippen LogP contribution in [0.1, 0.15) is 0 Å². The zero-order valence-corrected chi connectivity index (χ0v) is 21.5. The molecular formula is C25H16F2N6O4S2. The summed E-state index contributed by atoms with van der Waals surface area (Å²) >= 11 is 1.48. The minimum Gasteiger partial charge on any atom is -0.480 e. The molecule has 196 valence electrons. The lowest BCUT2D eigenvalue weighted by molar-refractivity contribution is 0.400. The Morgan fingerprint density at radius 2 is 1.85 bits per heavy atom. The number of nitrogens with one attached hydrogen (secondary N) is 1. The van der Waals surface area contributed by atoms with E-state index in [0.29, 0.717) is 34.4 Å². The third-order valence-corrected chi connectivity index (χ3v) is 7.94. The standard InChI is InChI=1S/C25H16F2N6O4S2/c1-36-23-18(32-39(34,35)21-6-5-16(26)10-17(21)27)9-15(11-29-23)14-4-7-22-28-12-19(33(22)13-14)24-30-31-25(37-24)20-3-2-8-38-20/h2-13,32H,1H3. The van der Waals surface area contributed by atoms with Crippen LogP contribution in [0.25, 0.3) is 39.1 Å². The average Bonchev–Trinajstić information content (AvgIpc) is 3.68. The van der Waals surface area contributed by atoms with Gasteiger partial charge in [-0.1, -0.05) is 6.07 Å². The number of anilines is 1. The summed E-state index contributed by atoms with van der Waals surface area (Å²) in [4.78, 5) is 8.71. The van der Waals surface area contributed by atoms with Gasteiger partial charge in [-0.3, -0.25) is 9.12 Å². The summed E-state index contributed by atoms with van der Waals surface area (Å²) < 4.78 is 68.4. The largest absolute Gasteiger partial charge is 0.480 e. The molecule has 1 aromatic carbocycles. The fraction of sp³-hybridized carbons (Fsp3) is 0.0400. The molecule has 0 radical (unpaired) electrons. The topological polar surface area (TPSA) is 125 Å². The molecule has 6 aromatic rings. The highest BCUT2D eigenvalue weighted by molar-refractivity contribution is 7.92. The molecule has 0 saturated carbocycles. The normalized spacial score (nSPS) is 11.7. The zero-order chi connectivity index (χ0) is 27.1. The monoisotopic (exact) mass is 566 g/mol. The Hall–Kier alpha value is -4.69. The van der Waals surface area contributed by atoms with E-state index in [-0.39, 0.29) is 17.5 Å². The number of rotatable bonds is 7. The van der Waals surface area contributed by atoms with Gasteiger partial charge >= 0.3 is 0 Å². The number of benzene rings is 1. The van der Waals surface area contributed by atoms with Gasteiger partial charge in [-0.05, 0) is 41.8 Å². The first-order chi connectivity index (χ1) is 18.8. The molecule has 1 N–H and O–H groups in total. The van der Waals surface area contributed by atoms with Crippen molar-refractivity contribution in [3.05, 3.63) is 84.1 Å². The molecule has 0 saturated heterocycles. The number of methoxy groups -OCH3 is 1. The third kappa shape index (κ3) is 4.59. The summed E-state index contributed by atoms with van der Waals surface area (Å²) in [6.45, 7) is 0. The molecule has 10 nitrogen and oxygen atoms in total. The van der Waals surface area contributed by atoms with Crippen molar-refractivity contribution in [2.45, 2.75) is 4.90 Å². The SMILES string of the molecule is COc1ncc(-c2ccc3ncc(-c4nnc(-c5cccs5)o4)n3c2)cc1NS(=O)(=O)c1ccc(F)cc1F. The second-order valence-electron chi connectivity index (χ2n) is 8.14. The highest BCUT2D eigenvalue weighted by Gasteiger charge is 2.23. The second kappa shape index (κ2) is 9.56. The highest BCUT2D eigenvalue weighted by atomic mass is 32.2. The van der Waals surface area contributed by atoms with Crippen LogP contribution in [0.5, 0.6) is 5.88 Å². The van der Waals surface area contributed by atoms with Crippen LogP contribution in [0.15, 0.2) is 81.8 Å². The van der Waals surface area contributed by atoms with Crippen LogP contribution in [0.2, 0.25) is 0 Å². The van der Waals surface area contributed by atoms with Gasteiger partial charge in [0, 0.05) is 29.6 Å². The Labute approximate surface area is 223 Å². The summed E-state index contributed by atoms with van der Waals surface area (Å²) in [5, 5.41) is 10.2. The zero-order valence-electron chi connectivity index (χ0n) is 19.9. The number of hydrogen-bond donors (Lipinski definition) is 1. The van der Waals surface area contributed by atoms with Crippen molar-refractivity contribution in [1.82, 2.24) is 24.6 Å². The maximum atomic E-state index is 14.2. The van der Waals surface area contributed by atoms with Crippen LogP contribution in [-0.4, -0.2) is 40.1 Å². The smallest absolute Gasteiger partial charge is 0.266 e. The number of ether oxygens (including phenoxy) is 1. The predicted octanol–water partition coefficient (Wildman–Crippen LogP) is 5.26. The van der Waals surface area contributed by atoms with Gasteiger partial charge in [0.2, 0.25) is 5.88 Å². The number of aromatic nitrogens is 5. The Morgan fingerprint density at radius 3 is 2.62 bits per heavy atom. The molecule has 5 aromatic heterocycles. The van der Waals surface area contributed by atoms with E-state index in [1.807, 2.05) is 17.5 Å². The number of sulfonamides is 1. The van der Waals surface area contributed by atoms with Crippen molar-refractivity contribution < 1.29 is 26.4 Å². The van der Waals surface area contributed by atoms with Crippen molar-refractivity contribution in [2.24, 2.45) is 0 Å². The van der Waals surface area contributed by atoms with E-state index in [1.165, 1.54) is 30.7 Å². The Bertz CT molecular complexity index is 1940. The van der Waals surface area contributed by atoms with E-state index in [1.54, 1.807) is 28.9 Å². The van der Waals surface area contributed by atoms with Gasteiger partial charge in [0.25, 0.3) is 21.8 Å². The molecule has 5 heterocycles. The number of pyridine rings is 2. The van der Waals surface area contributed by atoms with E-state index in [9.17, 15) is 17.2 Å². The van der Waals surface area contributed by atoms with Gasteiger partial charge in [0.15, 0.2) is 0 Å². The molecule has 0 spiro atoms. The summed E-state index contributed by atoms with van der Waals surface area (Å²) in [6, 6.07) is 11.0. The maximum absolute atomic E-state index is 14.2. The Kier molecular flexibility index (Phi) is 6.04. The molecule has 0 fully saturated rings. The van der Waals surface area contributed by atoms with Crippen molar-refractivity contribution in [3.8, 4) is 39.4 Å². The van der Waals surface area contributed by atoms with Gasteiger partial charge in [-0.15, -0.1) is 21.5 Å². The van der Waals surface area contributed by atoms with Gasteiger partial charge in [0.1, 0.15) is 33.6 Å². The molecular weight excluding hydrogens is 550 g/mol. The van der Waals surface area contributed by atoms with E-state index in [0.717, 1.165) is 17.0 Å². The molecule has 0 unspecified atom stereocenters. The van der Waals surface area contributed by atoms with Crippen LogP contribution in [0.3, 0.4) is 0 Å². The fourth-order valence-corrected chi connectivity index (χ4v) is 5.63. The molecule has 0 aliphatic heterocycles. The molecule has 14 heteroatoms. The van der Waals surface area contributed by atoms with Gasteiger partial charge in [-0.2, -0.15) is 0 Å². The van der Waals surface area contributed by atoms with Gasteiger partial charge in [-0.25, -0.2) is 27.2 Å². The van der Waals surface area contributed by atoms with Crippen LogP contribution in [-0.2, 0) is 10.0 Å². The molecule has 39 heavy (non-hydrogen) atoms. The fourth-order valence-electron chi connectivity index (χ4n) is 3.87. The third-order valence-electron chi connectivity index (χ3n) is 5.69. The maximum Gasteiger partial charge on any atom is 0.266 e. The molecule has 0 amide bonds. The quantitative estimate of drug-likeness (QED) is 0.277. The average molecular weight is 567 g/mol. The van der Waals surface area contributed by atoms with Crippen molar-refractivity contribution >= 4 is 32.7 Å². The first-order valence-electron chi connectivity index (χ1n) is 11.2. The van der Waals surface area contributed by atoms with Crippen LogP contribution < -0.4 is 9.46 Å². The van der Waals surface area contributed by atoms with E-state index < -0.39 is 26.6 Å². The molecule has 0 aliphatic rings. The van der Waals surface area contributed by atoms with Crippen molar-refractivity contribution in [1.29, 1.82) is 0 Å². The van der Waals surface area contributed by atoms with Crippen LogP contribution in [0.4, 0.5) is 14.5 Å².